The van der Waals surface area contributed by atoms with Gasteiger partial charge in [-0.2, -0.15) is 0 Å². The summed E-state index contributed by atoms with van der Waals surface area (Å²) in [5.74, 6) is -0.399. The number of hydrogen-bond acceptors (Lipinski definition) is 7. The monoisotopic (exact) mass is 553 g/mol. The highest BCUT2D eigenvalue weighted by Gasteiger charge is 2.75. The minimum atomic E-state index is -0.753. The number of aliphatic hydroxyl groups excluding tert-OH is 1. The molecule has 3 aliphatic heterocycles. The van der Waals surface area contributed by atoms with E-state index in [1.165, 1.54) is 0 Å². The topological polar surface area (TPSA) is 117 Å². The number of amides is 3. The molecule has 3 aliphatic rings. The molecule has 208 valence electrons. The number of ether oxygens (including phenoxy) is 2. The molecule has 5 rings (SSSR count). The van der Waals surface area contributed by atoms with Crippen molar-refractivity contribution in [3.8, 4) is 11.5 Å². The number of nitrogens with one attached hydrogen (secondary N) is 2. The number of benzene rings is 2. The lowest BCUT2D eigenvalue weighted by molar-refractivity contribution is -0.138. The van der Waals surface area contributed by atoms with Gasteiger partial charge in [-0.25, -0.2) is 0 Å². The summed E-state index contributed by atoms with van der Waals surface area (Å²) in [6.45, 7) is 4.70. The van der Waals surface area contributed by atoms with Crippen LogP contribution in [0.3, 0.4) is 0 Å². The van der Waals surface area contributed by atoms with Gasteiger partial charge >= 0.3 is 0 Å². The lowest BCUT2D eigenvalue weighted by Crippen LogP contribution is -2.54. The molecule has 2 bridgehead atoms. The number of nitrogens with zero attached hydrogens (tertiary/aromatic N) is 1. The molecule has 10 heteroatoms. The Morgan fingerprint density at radius 1 is 1.05 bits per heavy atom. The van der Waals surface area contributed by atoms with Gasteiger partial charge < -0.3 is 30.1 Å². The van der Waals surface area contributed by atoms with Gasteiger partial charge in [-0.05, 0) is 74.2 Å². The first-order chi connectivity index (χ1) is 18.8. The van der Waals surface area contributed by atoms with E-state index < -0.39 is 22.6 Å². The summed E-state index contributed by atoms with van der Waals surface area (Å²) in [5.41, 5.74) is 1.24. The van der Waals surface area contributed by atoms with Gasteiger partial charge in [0, 0.05) is 29.8 Å². The van der Waals surface area contributed by atoms with Crippen molar-refractivity contribution in [1.29, 1.82) is 0 Å². The third kappa shape index (κ3) is 4.74. The summed E-state index contributed by atoms with van der Waals surface area (Å²) in [4.78, 5) is 43.2. The predicted molar refractivity (Wildman–Crippen MR) is 150 cm³/mol. The fourth-order valence-electron chi connectivity index (χ4n) is 6.51. The van der Waals surface area contributed by atoms with Crippen molar-refractivity contribution in [2.24, 2.45) is 17.8 Å². The largest absolute Gasteiger partial charge is 0.497 e. The van der Waals surface area contributed by atoms with Crippen LogP contribution < -0.4 is 20.1 Å². The van der Waals surface area contributed by atoms with Crippen LogP contribution in [0.15, 0.2) is 48.5 Å². The number of anilines is 2. The van der Waals surface area contributed by atoms with Crippen LogP contribution in [0.5, 0.6) is 11.5 Å². The smallest absolute Gasteiger partial charge is 0.248 e. The van der Waals surface area contributed by atoms with Crippen LogP contribution in [0, 0.1) is 17.8 Å². The number of carbonyl (C=O) groups excluding carboxylic acids is 3. The second-order valence-electron chi connectivity index (χ2n) is 10.3. The Bertz CT molecular complexity index is 1220. The Morgan fingerprint density at radius 3 is 2.26 bits per heavy atom. The zero-order chi connectivity index (χ0) is 27.7. The molecule has 3 heterocycles. The molecule has 2 aromatic carbocycles. The molecule has 0 aliphatic carbocycles. The van der Waals surface area contributed by atoms with E-state index in [2.05, 4.69) is 17.6 Å². The molecule has 3 saturated heterocycles. The third-order valence-electron chi connectivity index (χ3n) is 8.14. The maximum Gasteiger partial charge on any atom is 0.248 e. The third-order valence-corrected chi connectivity index (χ3v) is 10.2. The van der Waals surface area contributed by atoms with Gasteiger partial charge in [0.25, 0.3) is 0 Å². The zero-order valence-corrected chi connectivity index (χ0v) is 23.2. The van der Waals surface area contributed by atoms with Gasteiger partial charge in [0.15, 0.2) is 0 Å². The van der Waals surface area contributed by atoms with Crippen LogP contribution in [-0.4, -0.2) is 70.6 Å². The summed E-state index contributed by atoms with van der Waals surface area (Å²) >= 11 is 1.62. The van der Waals surface area contributed by atoms with E-state index in [9.17, 15) is 19.5 Å². The number of aliphatic hydroxyl groups is 1. The van der Waals surface area contributed by atoms with E-state index in [4.69, 9.17) is 9.47 Å². The van der Waals surface area contributed by atoms with E-state index in [1.54, 1.807) is 72.3 Å². The van der Waals surface area contributed by atoms with Gasteiger partial charge in [0.1, 0.15) is 17.5 Å². The Morgan fingerprint density at radius 2 is 1.67 bits per heavy atom. The van der Waals surface area contributed by atoms with Crippen molar-refractivity contribution in [1.82, 2.24) is 4.90 Å². The van der Waals surface area contributed by atoms with Crippen LogP contribution in [0.2, 0.25) is 0 Å². The van der Waals surface area contributed by atoms with Gasteiger partial charge in [-0.15, -0.1) is 11.8 Å². The lowest BCUT2D eigenvalue weighted by Gasteiger charge is -2.38. The number of hydrogen-bond donors (Lipinski definition) is 3. The molecule has 3 N–H and O–H groups in total. The quantitative estimate of drug-likeness (QED) is 0.413. The zero-order valence-electron chi connectivity index (χ0n) is 22.4. The van der Waals surface area contributed by atoms with Crippen LogP contribution in [-0.2, 0) is 14.4 Å². The molecule has 0 aromatic heterocycles. The Hall–Kier alpha value is -3.24. The molecule has 39 heavy (non-hydrogen) atoms. The van der Waals surface area contributed by atoms with Crippen molar-refractivity contribution in [3.05, 3.63) is 48.5 Å². The molecule has 0 radical (unpaired) electrons. The number of rotatable bonds is 10. The molecular weight excluding hydrogens is 518 g/mol. The molecular formula is C29H35N3O6S. The molecule has 6 atom stereocenters. The summed E-state index contributed by atoms with van der Waals surface area (Å²) in [6.07, 6.45) is 1.10. The molecule has 3 amide bonds. The molecule has 3 fully saturated rings. The van der Waals surface area contributed by atoms with Crippen LogP contribution in [0.1, 0.15) is 26.7 Å². The molecule has 2 aromatic rings. The maximum absolute atomic E-state index is 14.0. The second kappa shape index (κ2) is 11.1. The van der Waals surface area contributed by atoms with E-state index in [1.807, 2.05) is 6.92 Å². The van der Waals surface area contributed by atoms with Gasteiger partial charge in [-0.1, -0.05) is 6.92 Å². The highest BCUT2D eigenvalue weighted by Crippen LogP contribution is 2.68. The summed E-state index contributed by atoms with van der Waals surface area (Å²) < 4.78 is 9.98. The fraction of sp³-hybridized carbons (Fsp3) is 0.483. The fourth-order valence-corrected chi connectivity index (χ4v) is 8.94. The SMILES string of the molecule is CCOc1ccc(NC(=O)[C@@H]2[C@@H]3CC(C)C4(S3)C(C(=O)Nc3ccc(OC)cc3)N(CCCO)C(=O)[C@H]24)cc1. The van der Waals surface area contributed by atoms with E-state index in [0.717, 1.165) is 12.2 Å². The first-order valence-corrected chi connectivity index (χ1v) is 14.3. The van der Waals surface area contributed by atoms with Gasteiger partial charge in [0.2, 0.25) is 17.7 Å². The van der Waals surface area contributed by atoms with Crippen LogP contribution in [0.4, 0.5) is 11.4 Å². The van der Waals surface area contributed by atoms with Gasteiger partial charge in [0.05, 0.1) is 30.3 Å². The van der Waals surface area contributed by atoms with Crippen molar-refractivity contribution in [2.75, 3.05) is 37.5 Å². The normalized spacial score (nSPS) is 28.8. The van der Waals surface area contributed by atoms with Gasteiger partial charge in [-0.3, -0.25) is 14.4 Å². The Labute approximate surface area is 232 Å². The summed E-state index contributed by atoms with van der Waals surface area (Å²) in [5, 5.41) is 15.5. The standard InChI is InChI=1S/C29H35N3O6S/c1-4-38-21-12-8-18(9-13-21)30-26(34)23-22-16-17(2)29(39-22)24(23)28(36)32(14-5-15-33)25(29)27(35)31-19-6-10-20(37-3)11-7-19/h6-13,17,22-25,33H,4-5,14-16H2,1-3H3,(H,30,34)(H,31,35)/t17?,22-,23+,24-,25?,29?/m0/s1. The lowest BCUT2D eigenvalue weighted by atomic mass is 9.66. The first-order valence-electron chi connectivity index (χ1n) is 13.4. The van der Waals surface area contributed by atoms with E-state index >= 15 is 0 Å². The second-order valence-corrected chi connectivity index (χ2v) is 11.9. The average Bonchev–Trinajstić information content (AvgIpc) is 3.52. The molecule has 0 saturated carbocycles. The van der Waals surface area contributed by atoms with Crippen molar-refractivity contribution < 1.29 is 29.0 Å². The predicted octanol–water partition coefficient (Wildman–Crippen LogP) is 3.39. The Kier molecular flexibility index (Phi) is 7.77. The van der Waals surface area contributed by atoms with Crippen molar-refractivity contribution in [2.45, 2.75) is 42.7 Å². The molecule has 1 spiro atoms. The van der Waals surface area contributed by atoms with Crippen molar-refractivity contribution in [3.63, 3.8) is 0 Å². The average molecular weight is 554 g/mol. The summed E-state index contributed by atoms with van der Waals surface area (Å²) in [7, 11) is 1.58. The van der Waals surface area contributed by atoms with Crippen molar-refractivity contribution >= 4 is 40.9 Å². The Balaban J connectivity index is 1.43. The van der Waals surface area contributed by atoms with E-state index in [-0.39, 0.29) is 42.0 Å². The number of thioether (sulfide) groups is 1. The maximum atomic E-state index is 14.0. The summed E-state index contributed by atoms with van der Waals surface area (Å²) in [6, 6.07) is 13.5. The van der Waals surface area contributed by atoms with E-state index in [0.29, 0.717) is 30.2 Å². The minimum absolute atomic E-state index is 0.0571. The first kappa shape index (κ1) is 27.3. The molecule has 9 nitrogen and oxygen atoms in total. The number of methoxy groups -OCH3 is 1. The highest BCUT2D eigenvalue weighted by atomic mass is 32.2. The van der Waals surface area contributed by atoms with Crippen LogP contribution in [0.25, 0.3) is 0 Å². The number of fused-ring (bicyclic) bond motifs is 1. The highest BCUT2D eigenvalue weighted by molar-refractivity contribution is 8.02. The minimum Gasteiger partial charge on any atom is -0.497 e. The number of likely N-dealkylation sites (tertiary alicyclic amines) is 1. The number of carbonyl (C=O) groups is 3. The molecule has 3 unspecified atom stereocenters. The van der Waals surface area contributed by atoms with Crippen LogP contribution >= 0.6 is 11.8 Å².